The summed E-state index contributed by atoms with van der Waals surface area (Å²) >= 11 is 4.39. The summed E-state index contributed by atoms with van der Waals surface area (Å²) < 4.78 is 38.4. The van der Waals surface area contributed by atoms with Crippen LogP contribution in [-0.4, -0.2) is 30.7 Å². The van der Waals surface area contributed by atoms with Gasteiger partial charge in [0.15, 0.2) is 0 Å². The van der Waals surface area contributed by atoms with Crippen molar-refractivity contribution >= 4 is 48.1 Å². The Kier molecular flexibility index (Phi) is 5.78. The van der Waals surface area contributed by atoms with Crippen molar-refractivity contribution in [1.29, 1.82) is 0 Å². The zero-order chi connectivity index (χ0) is 13.1. The van der Waals surface area contributed by atoms with E-state index in [9.17, 15) is 12.6 Å². The normalized spacial score (nSPS) is 15.7. The first-order valence-corrected chi connectivity index (χ1v) is 9.71. The second-order valence-electron chi connectivity index (χ2n) is 3.65. The summed E-state index contributed by atoms with van der Waals surface area (Å²) in [6.07, 6.45) is 2.17. The molecule has 0 aliphatic heterocycles. The molecule has 1 aromatic rings. The van der Waals surface area contributed by atoms with E-state index in [0.717, 1.165) is 3.79 Å². The van der Waals surface area contributed by atoms with Crippen LogP contribution in [0.5, 0.6) is 0 Å². The van der Waals surface area contributed by atoms with Crippen molar-refractivity contribution < 1.29 is 12.6 Å². The fraction of sp³-hybridized carbons (Fsp3) is 0.556. The van der Waals surface area contributed by atoms with Crippen molar-refractivity contribution in [2.75, 3.05) is 12.0 Å². The van der Waals surface area contributed by atoms with Crippen molar-refractivity contribution in [1.82, 2.24) is 4.72 Å². The minimum Gasteiger partial charge on any atom is -0.260 e. The number of rotatable bonds is 6. The SMILES string of the molecule is CC(CCS(C)=O)NS(=O)(=O)c1ccc(Br)s1. The molecule has 2 atom stereocenters. The Morgan fingerprint density at radius 2 is 2.18 bits per heavy atom. The van der Waals surface area contributed by atoms with Crippen molar-refractivity contribution in [3.8, 4) is 0 Å². The fourth-order valence-corrected chi connectivity index (χ4v) is 5.16. The Hall–Kier alpha value is 0.240. The molecular formula is C9H14BrNO3S3. The summed E-state index contributed by atoms with van der Waals surface area (Å²) in [5, 5.41) is 0. The highest BCUT2D eigenvalue weighted by Gasteiger charge is 2.19. The van der Waals surface area contributed by atoms with E-state index in [1.807, 2.05) is 0 Å². The van der Waals surface area contributed by atoms with Crippen LogP contribution in [0.25, 0.3) is 0 Å². The third-order valence-electron chi connectivity index (χ3n) is 2.01. The predicted molar refractivity (Wildman–Crippen MR) is 75.4 cm³/mol. The molecule has 1 aromatic heterocycles. The molecule has 0 fully saturated rings. The third kappa shape index (κ3) is 5.17. The third-order valence-corrected chi connectivity index (χ3v) is 6.52. The molecule has 2 unspecified atom stereocenters. The lowest BCUT2D eigenvalue weighted by Crippen LogP contribution is -2.33. The van der Waals surface area contributed by atoms with E-state index in [2.05, 4.69) is 20.7 Å². The van der Waals surface area contributed by atoms with Gasteiger partial charge in [-0.15, -0.1) is 11.3 Å². The quantitative estimate of drug-likeness (QED) is 0.843. The van der Waals surface area contributed by atoms with E-state index in [4.69, 9.17) is 0 Å². The van der Waals surface area contributed by atoms with Crippen molar-refractivity contribution in [3.05, 3.63) is 15.9 Å². The standard InChI is InChI=1S/C9H14BrNO3S3/c1-7(5-6-16(2)12)11-17(13,14)9-4-3-8(10)15-9/h3-4,7,11H,5-6H2,1-2H3. The number of thiophene rings is 1. The summed E-state index contributed by atoms with van der Waals surface area (Å²) in [6, 6.07) is 3.04. The van der Waals surface area contributed by atoms with Gasteiger partial charge in [-0.3, -0.25) is 4.21 Å². The van der Waals surface area contributed by atoms with Crippen LogP contribution in [0.1, 0.15) is 13.3 Å². The van der Waals surface area contributed by atoms with E-state index in [1.165, 1.54) is 11.3 Å². The average Bonchev–Trinajstić information content (AvgIpc) is 2.62. The van der Waals surface area contributed by atoms with Gasteiger partial charge in [0.05, 0.1) is 3.79 Å². The first-order chi connectivity index (χ1) is 7.81. The van der Waals surface area contributed by atoms with E-state index >= 15 is 0 Å². The zero-order valence-corrected chi connectivity index (χ0v) is 13.5. The smallest absolute Gasteiger partial charge is 0.250 e. The Morgan fingerprint density at radius 3 is 2.65 bits per heavy atom. The molecule has 17 heavy (non-hydrogen) atoms. The number of hydrogen-bond acceptors (Lipinski definition) is 4. The Morgan fingerprint density at radius 1 is 1.53 bits per heavy atom. The average molecular weight is 360 g/mol. The summed E-state index contributed by atoms with van der Waals surface area (Å²) in [7, 11) is -4.34. The molecule has 4 nitrogen and oxygen atoms in total. The summed E-state index contributed by atoms with van der Waals surface area (Å²) in [4.78, 5) is 0. The van der Waals surface area contributed by atoms with Crippen molar-refractivity contribution in [2.24, 2.45) is 0 Å². The molecule has 0 spiro atoms. The van der Waals surface area contributed by atoms with E-state index in [1.54, 1.807) is 25.3 Å². The lowest BCUT2D eigenvalue weighted by atomic mass is 10.3. The van der Waals surface area contributed by atoms with Gasteiger partial charge in [0, 0.05) is 28.9 Å². The van der Waals surface area contributed by atoms with Crippen LogP contribution >= 0.6 is 27.3 Å². The first-order valence-electron chi connectivity index (χ1n) is 4.89. The van der Waals surface area contributed by atoms with Crippen LogP contribution < -0.4 is 4.72 Å². The molecule has 1 rings (SSSR count). The minimum atomic E-state index is -3.45. The molecule has 1 heterocycles. The summed E-state index contributed by atoms with van der Waals surface area (Å²) in [5.41, 5.74) is 0. The maximum Gasteiger partial charge on any atom is 0.250 e. The van der Waals surface area contributed by atoms with Crippen molar-refractivity contribution in [2.45, 2.75) is 23.6 Å². The topological polar surface area (TPSA) is 63.2 Å². The minimum absolute atomic E-state index is 0.218. The molecule has 0 amide bonds. The number of halogens is 1. The van der Waals surface area contributed by atoms with Gasteiger partial charge in [-0.25, -0.2) is 13.1 Å². The maximum absolute atomic E-state index is 11.9. The van der Waals surface area contributed by atoms with Crippen LogP contribution in [0.2, 0.25) is 0 Å². The lowest BCUT2D eigenvalue weighted by Gasteiger charge is -2.12. The molecule has 1 N–H and O–H groups in total. The van der Waals surface area contributed by atoms with Gasteiger partial charge < -0.3 is 0 Å². The van der Waals surface area contributed by atoms with Crippen molar-refractivity contribution in [3.63, 3.8) is 0 Å². The predicted octanol–water partition coefficient (Wildman–Crippen LogP) is 1.95. The molecule has 0 saturated heterocycles. The monoisotopic (exact) mass is 359 g/mol. The molecule has 0 radical (unpaired) electrons. The highest BCUT2D eigenvalue weighted by molar-refractivity contribution is 9.11. The zero-order valence-electron chi connectivity index (χ0n) is 9.47. The highest BCUT2D eigenvalue weighted by Crippen LogP contribution is 2.26. The van der Waals surface area contributed by atoms with Crippen LogP contribution in [0.15, 0.2) is 20.1 Å². The Balaban J connectivity index is 2.64. The summed E-state index contributed by atoms with van der Waals surface area (Å²) in [6.45, 7) is 1.77. The van der Waals surface area contributed by atoms with E-state index in [-0.39, 0.29) is 10.3 Å². The molecule has 0 saturated carbocycles. The molecule has 0 aliphatic carbocycles. The second kappa shape index (κ2) is 6.42. The van der Waals surface area contributed by atoms with Gasteiger partial charge in [0.25, 0.3) is 0 Å². The maximum atomic E-state index is 11.9. The first kappa shape index (κ1) is 15.3. The van der Waals surface area contributed by atoms with E-state index < -0.39 is 20.8 Å². The molecule has 98 valence electrons. The molecular weight excluding hydrogens is 346 g/mol. The van der Waals surface area contributed by atoms with Gasteiger partial charge in [0.2, 0.25) is 10.0 Å². The van der Waals surface area contributed by atoms with Gasteiger partial charge in [-0.05, 0) is 41.4 Å². The number of nitrogens with one attached hydrogen (secondary N) is 1. The van der Waals surface area contributed by atoms with Gasteiger partial charge >= 0.3 is 0 Å². The van der Waals surface area contributed by atoms with Gasteiger partial charge in [0.1, 0.15) is 4.21 Å². The molecule has 0 aliphatic rings. The van der Waals surface area contributed by atoms with Gasteiger partial charge in [-0.1, -0.05) is 0 Å². The number of hydrogen-bond donors (Lipinski definition) is 1. The Bertz CT molecular complexity index is 497. The fourth-order valence-electron chi connectivity index (χ4n) is 1.17. The molecule has 0 aromatic carbocycles. The highest BCUT2D eigenvalue weighted by atomic mass is 79.9. The molecule has 0 bridgehead atoms. The largest absolute Gasteiger partial charge is 0.260 e. The van der Waals surface area contributed by atoms with Crippen LogP contribution in [-0.2, 0) is 20.8 Å². The Labute approximate surface area is 116 Å². The lowest BCUT2D eigenvalue weighted by molar-refractivity contribution is 0.557. The summed E-state index contributed by atoms with van der Waals surface area (Å²) in [5.74, 6) is 0.498. The van der Waals surface area contributed by atoms with Crippen LogP contribution in [0, 0.1) is 0 Å². The van der Waals surface area contributed by atoms with Crippen LogP contribution in [0.3, 0.4) is 0 Å². The second-order valence-corrected chi connectivity index (χ2v) is 9.61. The van der Waals surface area contributed by atoms with Gasteiger partial charge in [-0.2, -0.15) is 0 Å². The van der Waals surface area contributed by atoms with E-state index in [0.29, 0.717) is 12.2 Å². The van der Waals surface area contributed by atoms with Crippen LogP contribution in [0.4, 0.5) is 0 Å². The number of sulfonamides is 1. The molecule has 8 heteroatoms.